The normalized spacial score (nSPS) is 16.7. The number of para-hydroxylation sites is 1. The Kier molecular flexibility index (Phi) is 4.64. The van der Waals surface area contributed by atoms with E-state index in [-0.39, 0.29) is 5.91 Å². The van der Waals surface area contributed by atoms with Gasteiger partial charge in [0, 0.05) is 0 Å². The molecule has 0 N–H and O–H groups in total. The molecule has 4 heteroatoms. The molecule has 1 aliphatic heterocycles. The molecule has 116 valence electrons. The highest BCUT2D eigenvalue weighted by molar-refractivity contribution is 8.27. The number of hydrogen-bond donors (Lipinski definition) is 0. The second kappa shape index (κ2) is 6.69. The van der Waals surface area contributed by atoms with Crippen molar-refractivity contribution in [2.75, 3.05) is 4.90 Å². The molecule has 2 aromatic rings. The lowest BCUT2D eigenvalue weighted by Gasteiger charge is -2.13. The summed E-state index contributed by atoms with van der Waals surface area (Å²) >= 11 is 6.73. The topological polar surface area (TPSA) is 20.3 Å². The van der Waals surface area contributed by atoms with Gasteiger partial charge in [0.1, 0.15) is 0 Å². The highest BCUT2D eigenvalue weighted by Gasteiger charge is 2.33. The van der Waals surface area contributed by atoms with E-state index in [1.165, 1.54) is 17.3 Å². The summed E-state index contributed by atoms with van der Waals surface area (Å²) in [5.41, 5.74) is 3.12. The zero-order valence-corrected chi connectivity index (χ0v) is 14.7. The van der Waals surface area contributed by atoms with Crippen molar-refractivity contribution in [2.45, 2.75) is 19.8 Å². The summed E-state index contributed by atoms with van der Waals surface area (Å²) in [7, 11) is 0. The smallest absolute Gasteiger partial charge is 0.268 e. The highest BCUT2D eigenvalue weighted by Crippen LogP contribution is 2.35. The molecule has 1 heterocycles. The van der Waals surface area contributed by atoms with Crippen LogP contribution in [0, 0.1) is 0 Å². The van der Waals surface area contributed by atoms with Crippen LogP contribution in [-0.2, 0) is 4.79 Å². The second-order valence-electron chi connectivity index (χ2n) is 5.67. The zero-order valence-electron chi connectivity index (χ0n) is 13.0. The minimum Gasteiger partial charge on any atom is -0.268 e. The van der Waals surface area contributed by atoms with Gasteiger partial charge in [-0.25, -0.2) is 0 Å². The van der Waals surface area contributed by atoms with Crippen LogP contribution in [0.1, 0.15) is 30.9 Å². The van der Waals surface area contributed by atoms with Crippen molar-refractivity contribution in [1.82, 2.24) is 0 Å². The number of benzene rings is 2. The van der Waals surface area contributed by atoms with Gasteiger partial charge >= 0.3 is 0 Å². The molecule has 0 atom stereocenters. The molecule has 0 radical (unpaired) electrons. The molecular formula is C19H17NOS2. The highest BCUT2D eigenvalue weighted by atomic mass is 32.2. The van der Waals surface area contributed by atoms with E-state index in [1.54, 1.807) is 4.90 Å². The minimum atomic E-state index is -0.0564. The molecule has 23 heavy (non-hydrogen) atoms. The van der Waals surface area contributed by atoms with Crippen molar-refractivity contribution in [1.29, 1.82) is 0 Å². The van der Waals surface area contributed by atoms with Crippen LogP contribution in [0.5, 0.6) is 0 Å². The van der Waals surface area contributed by atoms with Crippen LogP contribution in [-0.4, -0.2) is 10.2 Å². The summed E-state index contributed by atoms with van der Waals surface area (Å²) in [6.45, 7) is 4.33. The second-order valence-corrected chi connectivity index (χ2v) is 7.35. The number of amides is 1. The standard InChI is InChI=1S/C19H17NOS2/c1-13(2)15-10-8-14(9-11-15)12-17-18(21)20(19(22)23-17)16-6-4-3-5-7-16/h3-13H,1-2H3/b17-12-. The first-order chi connectivity index (χ1) is 11.1. The maximum atomic E-state index is 12.6. The number of carbonyl (C=O) groups is 1. The first-order valence-electron chi connectivity index (χ1n) is 7.49. The summed E-state index contributed by atoms with van der Waals surface area (Å²) in [6.07, 6.45) is 1.91. The van der Waals surface area contributed by atoms with Crippen LogP contribution in [0.15, 0.2) is 59.5 Å². The van der Waals surface area contributed by atoms with E-state index in [2.05, 4.69) is 26.0 Å². The Balaban J connectivity index is 1.87. The summed E-state index contributed by atoms with van der Waals surface area (Å²) < 4.78 is 0.575. The number of carbonyl (C=O) groups excluding carboxylic acids is 1. The Morgan fingerprint density at radius 1 is 1.04 bits per heavy atom. The fourth-order valence-corrected chi connectivity index (χ4v) is 3.69. The Hall–Kier alpha value is -1.91. The monoisotopic (exact) mass is 339 g/mol. The molecule has 0 aromatic heterocycles. The number of anilines is 1. The van der Waals surface area contributed by atoms with Crippen molar-refractivity contribution < 1.29 is 4.79 Å². The van der Waals surface area contributed by atoms with Gasteiger partial charge in [-0.3, -0.25) is 9.69 Å². The van der Waals surface area contributed by atoms with Crippen LogP contribution >= 0.6 is 24.0 Å². The van der Waals surface area contributed by atoms with Crippen molar-refractivity contribution >= 4 is 46.0 Å². The van der Waals surface area contributed by atoms with E-state index in [9.17, 15) is 4.79 Å². The Morgan fingerprint density at radius 3 is 2.30 bits per heavy atom. The predicted octanol–water partition coefficient (Wildman–Crippen LogP) is 5.22. The van der Waals surface area contributed by atoms with Crippen molar-refractivity contribution in [3.63, 3.8) is 0 Å². The van der Waals surface area contributed by atoms with Gasteiger partial charge in [0.05, 0.1) is 10.6 Å². The van der Waals surface area contributed by atoms with Crippen LogP contribution in [0.4, 0.5) is 5.69 Å². The number of thioether (sulfide) groups is 1. The molecule has 2 nitrogen and oxygen atoms in total. The van der Waals surface area contributed by atoms with Crippen LogP contribution in [0.25, 0.3) is 6.08 Å². The van der Waals surface area contributed by atoms with Crippen LogP contribution in [0.3, 0.4) is 0 Å². The molecule has 1 saturated heterocycles. The fraction of sp³-hybridized carbons (Fsp3) is 0.158. The van der Waals surface area contributed by atoms with Gasteiger partial charge in [0.15, 0.2) is 4.32 Å². The summed E-state index contributed by atoms with van der Waals surface area (Å²) in [5, 5.41) is 0. The fourth-order valence-electron chi connectivity index (χ4n) is 2.40. The molecule has 1 fully saturated rings. The van der Waals surface area contributed by atoms with E-state index in [4.69, 9.17) is 12.2 Å². The van der Waals surface area contributed by atoms with E-state index in [1.807, 2.05) is 48.5 Å². The molecule has 0 spiro atoms. The average molecular weight is 339 g/mol. The minimum absolute atomic E-state index is 0.0564. The molecule has 1 amide bonds. The molecule has 0 aliphatic carbocycles. The van der Waals surface area contributed by atoms with Gasteiger partial charge in [0.25, 0.3) is 5.91 Å². The maximum absolute atomic E-state index is 12.6. The van der Waals surface area contributed by atoms with Crippen molar-refractivity contribution in [2.24, 2.45) is 0 Å². The molecule has 0 saturated carbocycles. The van der Waals surface area contributed by atoms with Gasteiger partial charge in [0.2, 0.25) is 0 Å². The SMILES string of the molecule is CC(C)c1ccc(/C=C2\SC(=S)N(c3ccccc3)C2=O)cc1. The van der Waals surface area contributed by atoms with Crippen molar-refractivity contribution in [3.05, 3.63) is 70.6 Å². The molecule has 3 rings (SSSR count). The van der Waals surface area contributed by atoms with Gasteiger partial charge in [-0.05, 0) is 35.3 Å². The quantitative estimate of drug-likeness (QED) is 0.565. The van der Waals surface area contributed by atoms with Gasteiger partial charge in [-0.1, -0.05) is 80.3 Å². The lowest BCUT2D eigenvalue weighted by molar-refractivity contribution is -0.113. The predicted molar refractivity (Wildman–Crippen MR) is 103 cm³/mol. The Morgan fingerprint density at radius 2 is 1.70 bits per heavy atom. The first kappa shape index (κ1) is 16.0. The first-order valence-corrected chi connectivity index (χ1v) is 8.71. The molecular weight excluding hydrogens is 322 g/mol. The lowest BCUT2D eigenvalue weighted by Crippen LogP contribution is -2.27. The largest absolute Gasteiger partial charge is 0.270 e. The zero-order chi connectivity index (χ0) is 16.4. The van der Waals surface area contributed by atoms with E-state index >= 15 is 0 Å². The third-order valence-corrected chi connectivity index (χ3v) is 5.01. The molecule has 2 aromatic carbocycles. The van der Waals surface area contributed by atoms with Gasteiger partial charge in [-0.15, -0.1) is 0 Å². The molecule has 1 aliphatic rings. The number of rotatable bonds is 3. The summed E-state index contributed by atoms with van der Waals surface area (Å²) in [4.78, 5) is 14.9. The number of nitrogens with zero attached hydrogens (tertiary/aromatic N) is 1. The number of hydrogen-bond acceptors (Lipinski definition) is 3. The lowest BCUT2D eigenvalue weighted by atomic mass is 10.0. The summed E-state index contributed by atoms with van der Waals surface area (Å²) in [6, 6.07) is 17.8. The van der Waals surface area contributed by atoms with Crippen molar-refractivity contribution in [3.8, 4) is 0 Å². The Bertz CT molecular complexity index is 764. The summed E-state index contributed by atoms with van der Waals surface area (Å²) in [5.74, 6) is 0.444. The number of thiocarbonyl (C=S) groups is 1. The van der Waals surface area contributed by atoms with E-state index < -0.39 is 0 Å². The molecule has 0 bridgehead atoms. The van der Waals surface area contributed by atoms with E-state index in [0.29, 0.717) is 15.1 Å². The third kappa shape index (κ3) is 3.38. The van der Waals surface area contributed by atoms with Crippen LogP contribution in [0.2, 0.25) is 0 Å². The maximum Gasteiger partial charge on any atom is 0.270 e. The Labute approximate surface area is 146 Å². The van der Waals surface area contributed by atoms with Gasteiger partial charge in [-0.2, -0.15) is 0 Å². The van der Waals surface area contributed by atoms with E-state index in [0.717, 1.165) is 11.3 Å². The molecule has 0 unspecified atom stereocenters. The van der Waals surface area contributed by atoms with Gasteiger partial charge < -0.3 is 0 Å². The average Bonchev–Trinajstić information content (AvgIpc) is 2.82. The third-order valence-electron chi connectivity index (χ3n) is 3.71. The van der Waals surface area contributed by atoms with Crippen LogP contribution < -0.4 is 4.90 Å².